The number of ketones is 1. The zero-order valence-corrected chi connectivity index (χ0v) is 68.6. The summed E-state index contributed by atoms with van der Waals surface area (Å²) in [7, 11) is 8.27. The SMILES string of the molecule is Cc1c[nH]c(C)c1-c1cc(-c2c(C)noc2C)cc2nc(C3CC3)n(C)c12.Cc1ccn(C)c1-c1cc(-c2c(C)noc2C)cc2nc(C3CC3)n(C)c12.Cc1noc(C)c1-c1cc(-c2ccc3c(c2)C(=O)CC32CC2)c2nc(C3CC3)[nH]c2c1.Cc1noc(C)c1-c1cc(-c2cccc3c2CCC(=O)N3C)c2nc(C3CC3)[nH]c2c1. The fourth-order valence-electron chi connectivity index (χ4n) is 19.0. The summed E-state index contributed by atoms with van der Waals surface area (Å²) in [5, 5.41) is 16.6. The van der Waals surface area contributed by atoms with Crippen molar-refractivity contribution in [2.45, 2.75) is 189 Å². The summed E-state index contributed by atoms with van der Waals surface area (Å²) in [5.74, 6) is 10.6. The first-order valence-electron chi connectivity index (χ1n) is 41.1. The Morgan fingerprint density at radius 3 is 1.39 bits per heavy atom. The molecule has 5 saturated carbocycles. The maximum atomic E-state index is 12.8. The molecule has 11 heterocycles. The van der Waals surface area contributed by atoms with Crippen LogP contribution in [0.4, 0.5) is 5.69 Å². The number of carbonyl (C=O) groups excluding carboxylic acids is 2. The highest BCUT2D eigenvalue weighted by molar-refractivity contribution is 6.07. The van der Waals surface area contributed by atoms with Crippen molar-refractivity contribution in [3.05, 3.63) is 206 Å². The van der Waals surface area contributed by atoms with E-state index in [9.17, 15) is 9.59 Å². The molecule has 0 radical (unpaired) electrons. The van der Waals surface area contributed by atoms with Crippen LogP contribution in [0.5, 0.6) is 0 Å². The van der Waals surface area contributed by atoms with Gasteiger partial charge < -0.3 is 51.6 Å². The average molecular weight is 1540 g/mol. The topological polar surface area (TPSA) is 255 Å². The Kier molecular flexibility index (Phi) is 17.0. The van der Waals surface area contributed by atoms with Gasteiger partial charge in [0.2, 0.25) is 5.91 Å². The van der Waals surface area contributed by atoms with Crippen LogP contribution in [0.1, 0.15) is 208 Å². The molecule has 0 unspecified atom stereocenters. The molecule has 23 rings (SSSR count). The second-order valence-electron chi connectivity index (χ2n) is 34.1. The molecule has 21 heteroatoms. The molecule has 1 aliphatic heterocycles. The first kappa shape index (κ1) is 72.7. The van der Waals surface area contributed by atoms with Gasteiger partial charge in [-0.25, -0.2) is 19.9 Å². The normalized spacial score (nSPS) is 16.1. The van der Waals surface area contributed by atoms with Gasteiger partial charge in [0, 0.05) is 150 Å². The first-order valence-corrected chi connectivity index (χ1v) is 41.1. The molecule has 1 amide bonds. The Morgan fingerprint density at radius 1 is 0.448 bits per heavy atom. The van der Waals surface area contributed by atoms with E-state index in [4.69, 9.17) is 38.0 Å². The molecule has 21 nitrogen and oxygen atoms in total. The second kappa shape index (κ2) is 27.2. The van der Waals surface area contributed by atoms with Crippen LogP contribution >= 0.6 is 0 Å². The number of imidazole rings is 4. The van der Waals surface area contributed by atoms with Crippen molar-refractivity contribution in [3.8, 4) is 89.1 Å². The van der Waals surface area contributed by atoms with Gasteiger partial charge in [-0.3, -0.25) is 9.59 Å². The molecule has 5 fully saturated rings. The van der Waals surface area contributed by atoms with Crippen LogP contribution in [0, 0.1) is 76.2 Å². The summed E-state index contributed by atoms with van der Waals surface area (Å²) in [6.45, 7) is 22.2. The summed E-state index contributed by atoms with van der Waals surface area (Å²) in [5.41, 5.74) is 38.2. The number of fused-ring (bicyclic) bond motifs is 7. The predicted octanol–water partition coefficient (Wildman–Crippen LogP) is 21.7. The summed E-state index contributed by atoms with van der Waals surface area (Å²) in [6, 6.07) is 32.5. The van der Waals surface area contributed by atoms with E-state index < -0.39 is 0 Å². The number of carbonyl (C=O) groups is 2. The van der Waals surface area contributed by atoms with Gasteiger partial charge in [0.05, 0.1) is 72.6 Å². The van der Waals surface area contributed by atoms with E-state index in [1.807, 2.05) is 74.6 Å². The standard InChI is InChI=1S/C26H23N3O2.C25H24N4O2.2C22H24N4O/c1-13-23(14(2)31-29-13)17-10-18(24-21(11-17)27-25(28-24)15-3-4-15)16-5-6-20-19(9-16)22(30)12-26(20)7-8-26;1-13-23(14(2)31-28-13)16-11-19(24-20(12-16)26-25(27-24)15-7-8-15)17-5-4-6-21-18(17)9-10-22(30)29(21)3;1-11-10-23-12(2)19(11)17-8-16(20-13(3)25-27-14(20)4)9-18-21(17)26(5)22(24-18)15-6-7-15;1-12-8-9-25(4)20(12)17-10-16(19-13(2)24-27-14(19)3)11-18-21(17)26(5)22(23-18)15-6-7-15/h5-6,9-11,15H,3-4,7-8,12H2,1-2H3,(H,27,28);4-6,11-12,15H,7-10H2,1-3H3,(H,26,27);8-10,15,23H,6-7H2,1-5H3;8-11,15H,6-7H2,1-5H3. The molecular formula is C95H95N15O6. The lowest BCUT2D eigenvalue weighted by Crippen LogP contribution is -2.31. The molecule has 3 N–H and O–H groups in total. The highest BCUT2D eigenvalue weighted by Gasteiger charge is 2.52. The maximum Gasteiger partial charge on any atom is 0.227 e. The van der Waals surface area contributed by atoms with Crippen molar-refractivity contribution in [3.63, 3.8) is 0 Å². The number of aryl methyl sites for hydroxylation is 14. The summed E-state index contributed by atoms with van der Waals surface area (Å²) >= 11 is 0. The van der Waals surface area contributed by atoms with Crippen LogP contribution in [-0.2, 0) is 37.8 Å². The number of nitrogens with one attached hydrogen (secondary N) is 3. The van der Waals surface area contributed by atoms with Crippen molar-refractivity contribution in [2.24, 2.45) is 21.1 Å². The number of aromatic nitrogens is 14. The van der Waals surface area contributed by atoms with Gasteiger partial charge in [-0.05, 0) is 269 Å². The number of rotatable bonds is 12. The Labute approximate surface area is 671 Å². The summed E-state index contributed by atoms with van der Waals surface area (Å²) in [4.78, 5) is 57.4. The minimum Gasteiger partial charge on any atom is -0.364 e. The molecule has 10 aromatic heterocycles. The molecule has 0 saturated heterocycles. The summed E-state index contributed by atoms with van der Waals surface area (Å²) < 4.78 is 28.6. The lowest BCUT2D eigenvalue weighted by atomic mass is 9.89. The van der Waals surface area contributed by atoms with Crippen molar-refractivity contribution < 1.29 is 27.7 Å². The summed E-state index contributed by atoms with van der Waals surface area (Å²) in [6.07, 6.45) is 18.2. The van der Waals surface area contributed by atoms with Crippen LogP contribution < -0.4 is 4.90 Å². The van der Waals surface area contributed by atoms with Crippen LogP contribution in [0.25, 0.3) is 133 Å². The van der Waals surface area contributed by atoms with Gasteiger partial charge in [-0.1, -0.05) is 44.9 Å². The smallest absolute Gasteiger partial charge is 0.227 e. The highest BCUT2D eigenvalue weighted by Crippen LogP contribution is 2.58. The Bertz CT molecular complexity index is 6450. The van der Waals surface area contributed by atoms with Crippen molar-refractivity contribution in [1.29, 1.82) is 0 Å². The van der Waals surface area contributed by atoms with Gasteiger partial charge in [0.1, 0.15) is 46.3 Å². The predicted molar refractivity (Wildman–Crippen MR) is 452 cm³/mol. The number of nitrogens with zero attached hydrogens (tertiary/aromatic N) is 12. The van der Waals surface area contributed by atoms with E-state index in [-0.39, 0.29) is 17.1 Å². The third-order valence-corrected chi connectivity index (χ3v) is 25.7. The molecule has 116 heavy (non-hydrogen) atoms. The molecule has 6 aliphatic carbocycles. The van der Waals surface area contributed by atoms with Gasteiger partial charge >= 0.3 is 0 Å². The fraction of sp³-hybridized carbons (Fsp3) is 0.347. The molecule has 586 valence electrons. The minimum absolute atomic E-state index is 0.143. The average Bonchev–Trinajstić information content (AvgIpc) is 1.56. The molecule has 16 aromatic rings. The third kappa shape index (κ3) is 12.3. The van der Waals surface area contributed by atoms with Crippen molar-refractivity contribution in [2.75, 3.05) is 11.9 Å². The van der Waals surface area contributed by atoms with Gasteiger partial charge in [-0.2, -0.15) is 0 Å². The van der Waals surface area contributed by atoms with E-state index in [0.29, 0.717) is 36.5 Å². The number of amides is 1. The van der Waals surface area contributed by atoms with E-state index in [1.54, 1.807) is 4.90 Å². The number of H-pyrrole nitrogens is 3. The van der Waals surface area contributed by atoms with Crippen LogP contribution in [0.15, 0.2) is 121 Å². The molecule has 7 aliphatic rings. The molecule has 0 bridgehead atoms. The number of benzene rings is 6. The lowest BCUT2D eigenvalue weighted by Gasteiger charge is -2.27. The van der Waals surface area contributed by atoms with E-state index >= 15 is 0 Å². The monoisotopic (exact) mass is 1540 g/mol. The third-order valence-electron chi connectivity index (χ3n) is 25.7. The number of hydrogen-bond acceptors (Lipinski definition) is 14. The zero-order chi connectivity index (χ0) is 79.9. The molecule has 6 aromatic carbocycles. The Hall–Kier alpha value is -12.3. The lowest BCUT2D eigenvalue weighted by molar-refractivity contribution is -0.118. The van der Waals surface area contributed by atoms with E-state index in [0.717, 1.165) is 188 Å². The van der Waals surface area contributed by atoms with Crippen molar-refractivity contribution >= 4 is 61.5 Å². The van der Waals surface area contributed by atoms with Crippen molar-refractivity contribution in [1.82, 2.24) is 69.2 Å². The highest BCUT2D eigenvalue weighted by atomic mass is 16.5. The quantitative estimate of drug-likeness (QED) is 0.103. The first-order chi connectivity index (χ1) is 55.9. The van der Waals surface area contributed by atoms with Crippen LogP contribution in [0.3, 0.4) is 0 Å². The Morgan fingerprint density at radius 2 is 0.922 bits per heavy atom. The molecule has 0 atom stereocenters. The minimum atomic E-state index is 0.143. The fourth-order valence-corrected chi connectivity index (χ4v) is 19.0. The number of anilines is 1. The number of aromatic amines is 3. The molecular weight excluding hydrogens is 1450 g/mol. The van der Waals surface area contributed by atoms with Crippen LogP contribution in [0.2, 0.25) is 0 Å². The largest absolute Gasteiger partial charge is 0.364 e. The zero-order valence-electron chi connectivity index (χ0n) is 68.6. The maximum absolute atomic E-state index is 12.8. The Balaban J connectivity index is 0.0000001000. The van der Waals surface area contributed by atoms with Gasteiger partial charge in [-0.15, -0.1) is 0 Å². The van der Waals surface area contributed by atoms with E-state index in [2.05, 4.69) is 182 Å². The van der Waals surface area contributed by atoms with Gasteiger partial charge in [0.15, 0.2) is 5.78 Å². The number of hydrogen-bond donors (Lipinski definition) is 3. The van der Waals surface area contributed by atoms with Crippen LogP contribution in [-0.4, -0.2) is 88.0 Å². The van der Waals surface area contributed by atoms with E-state index in [1.165, 1.54) is 124 Å². The molecule has 1 spiro atoms. The second-order valence-corrected chi connectivity index (χ2v) is 34.1. The van der Waals surface area contributed by atoms with Gasteiger partial charge in [0.25, 0.3) is 0 Å². The number of Topliss-reactive ketones (excluding diaryl/α,β-unsaturated/α-hetero) is 1.